The number of phosphoric acid groups is 1. The number of pyridine rings is 1. The van der Waals surface area contributed by atoms with Gasteiger partial charge in [-0.1, -0.05) is 44.2 Å². The van der Waals surface area contributed by atoms with Crippen molar-refractivity contribution in [3.05, 3.63) is 101 Å². The number of phosphoric ester groups is 1. The summed E-state index contributed by atoms with van der Waals surface area (Å²) in [6.45, 7) is -2.84. The number of nitrogens with zero attached hydrogens (tertiary/aromatic N) is 6. The molecule has 90 heavy (non-hydrogen) atoms. The number of hydrazine groups is 1. The lowest BCUT2D eigenvalue weighted by atomic mass is 9.75. The molecule has 492 valence electrons. The molecular weight excluding hydrogens is 1230 g/mol. The fraction of sp³-hybridized carbons (Fsp3) is 0.542. The number of aromatic nitrogens is 3. The lowest BCUT2D eigenvalue weighted by Crippen LogP contribution is -2.58. The third kappa shape index (κ3) is 17.7. The van der Waals surface area contributed by atoms with Crippen molar-refractivity contribution in [2.24, 2.45) is 28.6 Å². The van der Waals surface area contributed by atoms with Crippen molar-refractivity contribution in [3.8, 4) is 23.1 Å². The van der Waals surface area contributed by atoms with Crippen LogP contribution in [0.15, 0.2) is 67.0 Å². The third-order valence-electron chi connectivity index (χ3n) is 17.0. The van der Waals surface area contributed by atoms with E-state index < -0.39 is 159 Å². The highest BCUT2D eigenvalue weighted by molar-refractivity contribution is 7.46. The van der Waals surface area contributed by atoms with E-state index in [1.54, 1.807) is 6.20 Å². The molecule has 3 fully saturated rings. The van der Waals surface area contributed by atoms with Crippen molar-refractivity contribution in [1.29, 1.82) is 0 Å². The number of ether oxygens (including phenoxy) is 3. The Morgan fingerprint density at radius 3 is 1.91 bits per heavy atom. The fourth-order valence-electron chi connectivity index (χ4n) is 11.3. The number of rotatable bonds is 26. The van der Waals surface area contributed by atoms with E-state index in [2.05, 4.69) is 46.2 Å². The fourth-order valence-corrected chi connectivity index (χ4v) is 11.5. The number of piperazine rings is 1. The summed E-state index contributed by atoms with van der Waals surface area (Å²) >= 11 is 0. The molecule has 20 nitrogen and oxygen atoms in total. The first kappa shape index (κ1) is 70.3. The van der Waals surface area contributed by atoms with E-state index in [4.69, 9.17) is 9.72 Å². The number of anilines is 1. The van der Waals surface area contributed by atoms with Crippen LogP contribution in [0.25, 0.3) is 11.3 Å². The van der Waals surface area contributed by atoms with Gasteiger partial charge in [0, 0.05) is 91.8 Å². The number of fused-ring (bicyclic) bond motifs is 2. The highest BCUT2D eigenvalue weighted by atomic mass is 31.2. The van der Waals surface area contributed by atoms with Crippen molar-refractivity contribution < 1.29 is 101 Å². The van der Waals surface area contributed by atoms with Crippen molar-refractivity contribution in [3.63, 3.8) is 0 Å². The van der Waals surface area contributed by atoms with Crippen LogP contribution in [0.3, 0.4) is 0 Å². The number of nitrogens with one attached hydrogen (secondary N) is 2. The molecule has 2 aromatic heterocycles. The molecule has 0 radical (unpaired) electrons. The summed E-state index contributed by atoms with van der Waals surface area (Å²) in [4.78, 5) is 96.7. The van der Waals surface area contributed by atoms with Gasteiger partial charge in [0.15, 0.2) is 5.78 Å². The Labute approximate surface area is 511 Å². The number of methoxy groups -OCH3 is 2. The molecule has 2 unspecified atom stereocenters. The van der Waals surface area contributed by atoms with Gasteiger partial charge in [-0.05, 0) is 106 Å². The van der Waals surface area contributed by atoms with E-state index in [0.29, 0.717) is 74.1 Å². The number of carbonyl (C=O) groups is 5. The van der Waals surface area contributed by atoms with Crippen LogP contribution in [0.2, 0.25) is 0 Å². The predicted octanol–water partition coefficient (Wildman–Crippen LogP) is 9.57. The molecule has 4 N–H and O–H groups in total. The molecule has 3 aliphatic rings. The first-order valence-electron chi connectivity index (χ1n) is 28.5. The predicted molar refractivity (Wildman–Crippen MR) is 301 cm³/mol. The molecule has 2 saturated heterocycles. The van der Waals surface area contributed by atoms with Gasteiger partial charge in [-0.3, -0.25) is 29.5 Å². The summed E-state index contributed by atoms with van der Waals surface area (Å²) < 4.78 is 179. The number of alkyl halides is 8. The van der Waals surface area contributed by atoms with E-state index in [-0.39, 0.29) is 15.9 Å². The van der Waals surface area contributed by atoms with Gasteiger partial charge in [0.1, 0.15) is 23.5 Å². The van der Waals surface area contributed by atoms with Crippen molar-refractivity contribution >= 4 is 43.4 Å². The van der Waals surface area contributed by atoms with Crippen molar-refractivity contribution in [2.75, 3.05) is 45.5 Å². The topological polar surface area (TPSA) is 244 Å². The van der Waals surface area contributed by atoms with Crippen LogP contribution in [-0.4, -0.2) is 141 Å². The number of benzene rings is 2. The summed E-state index contributed by atoms with van der Waals surface area (Å²) in [5.74, 6) is -7.53. The Hall–Kier alpha value is -7.16. The highest BCUT2D eigenvalue weighted by Gasteiger charge is 2.57. The summed E-state index contributed by atoms with van der Waals surface area (Å²) in [6, 6.07) is 11.1. The Kier molecular flexibility index (Phi) is 22.6. The molecule has 4 aromatic rings. The molecule has 1 aliphatic carbocycles. The molecular formula is C59H69F10N8O12P. The molecule has 0 spiro atoms. The van der Waals surface area contributed by atoms with E-state index >= 15 is 8.78 Å². The van der Waals surface area contributed by atoms with Crippen molar-refractivity contribution in [1.82, 2.24) is 35.4 Å². The molecule has 2 aromatic carbocycles. The monoisotopic (exact) mass is 1300 g/mol. The van der Waals surface area contributed by atoms with Crippen LogP contribution in [0.4, 0.5) is 54.5 Å². The molecule has 7 rings (SSSR count). The zero-order valence-corrected chi connectivity index (χ0v) is 50.7. The maximum atomic E-state index is 16.4. The molecule has 1 saturated carbocycles. The number of amides is 2. The smallest absolute Gasteiger partial charge is 0.469 e. The number of carbonyl (C=O) groups excluding carboxylic acids is 5. The van der Waals surface area contributed by atoms with E-state index in [1.165, 1.54) is 43.5 Å². The van der Waals surface area contributed by atoms with Gasteiger partial charge in [0.25, 0.3) is 0 Å². The van der Waals surface area contributed by atoms with Crippen LogP contribution >= 0.6 is 7.82 Å². The minimum Gasteiger partial charge on any atom is -0.469 e. The second kappa shape index (κ2) is 29.0. The van der Waals surface area contributed by atoms with E-state index in [0.717, 1.165) is 58.2 Å². The molecule has 6 atom stereocenters. The number of Topliss-reactive ketones (excluding diaryl/α,β-unsaturated/α-hetero) is 1. The first-order chi connectivity index (χ1) is 42.1. The normalized spacial score (nSPS) is 18.0. The van der Waals surface area contributed by atoms with Crippen LogP contribution in [0.5, 0.6) is 0 Å². The van der Waals surface area contributed by atoms with Gasteiger partial charge in [-0.25, -0.2) is 37.3 Å². The molecule has 2 amide bonds. The number of halogens is 10. The maximum absolute atomic E-state index is 16.4. The average Bonchev–Trinajstić information content (AvgIpc) is 1.56. The van der Waals surface area contributed by atoms with Gasteiger partial charge < -0.3 is 34.2 Å². The Morgan fingerprint density at radius 2 is 1.39 bits per heavy atom. The number of hydrogen-bond acceptors (Lipinski definition) is 15. The zero-order valence-electron chi connectivity index (χ0n) is 49.8. The number of ketones is 1. The highest BCUT2D eigenvalue weighted by Crippen LogP contribution is 2.46. The quantitative estimate of drug-likeness (QED) is 0.00869. The standard InChI is InChI=1S/C59H69F10N8O12P/c1-56(2,58(64,65)66)44(27-50(79)86-5)53(81)73-75(32-43-45(60)23-38(24-46(43)61)47-20-21-76(72-47)54(62)63)29-39(26-51(80)88-33-89-90(83,84)85)37(25-48(78)52(71-55(82)87-6)57(3,4)59(67,68)69)22-35-13-10-34(11-14-35)12-15-36-16-19-49(70-28-36)74-30-41-17-18-42(31-74)77(41)40-8-7-9-40/h10-11,13-14,16,19-21,23-24,28,37,39-42,44,52,54H,7-9,17-18,22,25-27,29-33H2,1-6H3,(H,71,82)(H,73,81)(H2,83,84,85)/t37-,39+,41?,42?,44-,52-/m1/s1. The van der Waals surface area contributed by atoms with Crippen LogP contribution in [-0.2, 0) is 55.4 Å². The van der Waals surface area contributed by atoms with Crippen molar-refractivity contribution in [2.45, 2.75) is 135 Å². The number of alkyl carbamates (subject to hydrolysis) is 1. The SMILES string of the molecule is COC(=O)C[C@H](C(=O)NN(Cc1c(F)cc(-c2ccn(C(F)F)n2)cc1F)C[C@H](CC(=O)OCOP(=O)(O)O)[C@@H](CC(=O)[C@@H](NC(=O)OC)C(C)(C)C(F)(F)F)Cc1ccc(C#Cc2ccc(N3CC4CCC(C3)N4C3CCC3)nc2)cc1)C(C)(C)C(F)(F)F. The zero-order chi connectivity index (χ0) is 66.3. The van der Waals surface area contributed by atoms with E-state index in [1.807, 2.05) is 17.4 Å². The second-order valence-electron chi connectivity index (χ2n) is 23.6. The van der Waals surface area contributed by atoms with E-state index in [9.17, 15) is 73.4 Å². The van der Waals surface area contributed by atoms with Gasteiger partial charge in [-0.2, -0.15) is 40.2 Å². The minimum absolute atomic E-state index is 0.173. The molecule has 4 heterocycles. The minimum atomic E-state index is -5.35. The van der Waals surface area contributed by atoms with Gasteiger partial charge >= 0.3 is 44.8 Å². The van der Waals surface area contributed by atoms with Gasteiger partial charge in [-0.15, -0.1) is 0 Å². The molecule has 31 heteroatoms. The average molecular weight is 1300 g/mol. The Bertz CT molecular complexity index is 3280. The molecule has 2 bridgehead atoms. The first-order valence-corrected chi connectivity index (χ1v) is 30.0. The molecule has 2 aliphatic heterocycles. The lowest BCUT2D eigenvalue weighted by molar-refractivity contribution is -0.231. The summed E-state index contributed by atoms with van der Waals surface area (Å²) in [6.07, 6.45) is -7.44. The second-order valence-corrected chi connectivity index (χ2v) is 24.8. The van der Waals surface area contributed by atoms with Gasteiger partial charge in [0.2, 0.25) is 12.7 Å². The third-order valence-corrected chi connectivity index (χ3v) is 17.4. The number of hydrogen-bond donors (Lipinski definition) is 4. The number of esters is 2. The van der Waals surface area contributed by atoms with Crippen LogP contribution in [0, 0.1) is 52.1 Å². The summed E-state index contributed by atoms with van der Waals surface area (Å²) in [5, 5.41) is 6.08. The maximum Gasteiger partial charge on any atom is 0.472 e. The lowest BCUT2D eigenvalue weighted by Gasteiger charge is -2.48. The van der Waals surface area contributed by atoms with Crippen LogP contribution in [0.1, 0.15) is 108 Å². The van der Waals surface area contributed by atoms with Gasteiger partial charge in [0.05, 0.1) is 43.1 Å². The largest absolute Gasteiger partial charge is 0.472 e. The Balaban J connectivity index is 1.28. The Morgan fingerprint density at radius 1 is 0.778 bits per heavy atom. The summed E-state index contributed by atoms with van der Waals surface area (Å²) in [5.41, 5.74) is -4.56. The van der Waals surface area contributed by atoms with Crippen LogP contribution < -0.4 is 15.6 Å². The summed E-state index contributed by atoms with van der Waals surface area (Å²) in [7, 11) is -3.74.